The van der Waals surface area contributed by atoms with Gasteiger partial charge < -0.3 is 10.5 Å². The Kier molecular flexibility index (Phi) is 9.59. The lowest BCUT2D eigenvalue weighted by Crippen LogP contribution is -2.23. The van der Waals surface area contributed by atoms with Gasteiger partial charge in [-0.15, -0.1) is 0 Å². The first-order valence-electron chi connectivity index (χ1n) is 6.09. The van der Waals surface area contributed by atoms with Crippen LogP contribution < -0.4 is 5.73 Å². The second kappa shape index (κ2) is 9.97. The number of esters is 1. The molecule has 0 radical (unpaired) electrons. The van der Waals surface area contributed by atoms with Gasteiger partial charge in [-0.25, -0.2) is 0 Å². The Morgan fingerprint density at radius 2 is 1.80 bits per heavy atom. The Hall–Kier alpha value is -0.570. The van der Waals surface area contributed by atoms with Crippen LogP contribution in [0.1, 0.15) is 52.4 Å². The van der Waals surface area contributed by atoms with Crippen molar-refractivity contribution < 1.29 is 9.53 Å². The van der Waals surface area contributed by atoms with Gasteiger partial charge in [0.15, 0.2) is 0 Å². The summed E-state index contributed by atoms with van der Waals surface area (Å²) < 4.78 is 5.08. The van der Waals surface area contributed by atoms with Crippen LogP contribution in [-0.4, -0.2) is 19.1 Å². The molecule has 0 saturated carbocycles. The molecular formula is C12H25NO2. The second-order valence-electron chi connectivity index (χ2n) is 4.07. The Morgan fingerprint density at radius 1 is 1.20 bits per heavy atom. The Bertz CT molecular complexity index is 160. The summed E-state index contributed by atoms with van der Waals surface area (Å²) in [7, 11) is 0. The number of unbranched alkanes of at least 4 members (excludes halogenated alkanes) is 5. The van der Waals surface area contributed by atoms with Gasteiger partial charge >= 0.3 is 5.97 Å². The van der Waals surface area contributed by atoms with Crippen molar-refractivity contribution in [2.24, 2.45) is 11.7 Å². The smallest absolute Gasteiger partial charge is 0.309 e. The van der Waals surface area contributed by atoms with Crippen LogP contribution in [0.15, 0.2) is 0 Å². The molecule has 0 amide bonds. The molecule has 0 aliphatic rings. The number of carbonyl (C=O) groups is 1. The van der Waals surface area contributed by atoms with Crippen molar-refractivity contribution in [1.82, 2.24) is 0 Å². The van der Waals surface area contributed by atoms with Crippen LogP contribution in [0.5, 0.6) is 0 Å². The highest BCUT2D eigenvalue weighted by Gasteiger charge is 2.11. The third-order valence-corrected chi connectivity index (χ3v) is 2.50. The molecule has 0 aromatic rings. The maximum absolute atomic E-state index is 11.2. The molecule has 1 unspecified atom stereocenters. The zero-order valence-corrected chi connectivity index (χ0v) is 10.1. The lowest BCUT2D eigenvalue weighted by molar-refractivity contribution is -0.147. The summed E-state index contributed by atoms with van der Waals surface area (Å²) in [6.45, 7) is 4.92. The molecule has 0 saturated heterocycles. The van der Waals surface area contributed by atoms with Crippen molar-refractivity contribution in [1.29, 1.82) is 0 Å². The van der Waals surface area contributed by atoms with Gasteiger partial charge in [0, 0.05) is 6.54 Å². The van der Waals surface area contributed by atoms with E-state index in [-0.39, 0.29) is 11.9 Å². The summed E-state index contributed by atoms with van der Waals surface area (Å²) >= 11 is 0. The normalized spacial score (nSPS) is 12.5. The quantitative estimate of drug-likeness (QED) is 0.475. The van der Waals surface area contributed by atoms with Gasteiger partial charge in [0.2, 0.25) is 0 Å². The minimum Gasteiger partial charge on any atom is -0.465 e. The van der Waals surface area contributed by atoms with Crippen molar-refractivity contribution in [3.8, 4) is 0 Å². The maximum atomic E-state index is 11.2. The molecule has 2 N–H and O–H groups in total. The molecule has 0 heterocycles. The first kappa shape index (κ1) is 14.4. The predicted molar refractivity (Wildman–Crippen MR) is 62.6 cm³/mol. The van der Waals surface area contributed by atoms with E-state index in [2.05, 4.69) is 6.92 Å². The maximum Gasteiger partial charge on any atom is 0.309 e. The number of ether oxygens (including phenoxy) is 1. The van der Waals surface area contributed by atoms with Crippen molar-refractivity contribution >= 4 is 5.97 Å². The van der Waals surface area contributed by atoms with E-state index < -0.39 is 0 Å². The number of hydrogen-bond donors (Lipinski definition) is 1. The van der Waals surface area contributed by atoms with Crippen molar-refractivity contribution in [2.45, 2.75) is 52.4 Å². The Balaban J connectivity index is 3.20. The van der Waals surface area contributed by atoms with Crippen LogP contribution in [0.4, 0.5) is 0 Å². The van der Waals surface area contributed by atoms with Gasteiger partial charge in [-0.2, -0.15) is 0 Å². The fourth-order valence-corrected chi connectivity index (χ4v) is 1.29. The minimum atomic E-state index is -0.162. The highest BCUT2D eigenvalue weighted by Crippen LogP contribution is 2.05. The Morgan fingerprint density at radius 3 is 2.40 bits per heavy atom. The van der Waals surface area contributed by atoms with Crippen molar-refractivity contribution in [3.05, 3.63) is 0 Å². The lowest BCUT2D eigenvalue weighted by Gasteiger charge is -2.08. The molecule has 3 nitrogen and oxygen atoms in total. The summed E-state index contributed by atoms with van der Waals surface area (Å²) in [6, 6.07) is 0. The predicted octanol–water partition coefficient (Wildman–Crippen LogP) is 2.48. The zero-order chi connectivity index (χ0) is 11.5. The molecule has 1 atom stereocenters. The average Bonchev–Trinajstić information content (AvgIpc) is 2.26. The molecule has 0 bridgehead atoms. The van der Waals surface area contributed by atoms with E-state index in [9.17, 15) is 4.79 Å². The van der Waals surface area contributed by atoms with Crippen LogP contribution in [-0.2, 0) is 9.53 Å². The summed E-state index contributed by atoms with van der Waals surface area (Å²) in [5.74, 6) is -0.323. The van der Waals surface area contributed by atoms with Crippen LogP contribution in [0.2, 0.25) is 0 Å². The van der Waals surface area contributed by atoms with Crippen LogP contribution in [0.25, 0.3) is 0 Å². The molecule has 0 fully saturated rings. The number of hydrogen-bond acceptors (Lipinski definition) is 3. The number of rotatable bonds is 9. The van der Waals surface area contributed by atoms with E-state index in [1.54, 1.807) is 6.92 Å². The fraction of sp³-hybridized carbons (Fsp3) is 0.917. The monoisotopic (exact) mass is 215 g/mol. The SMILES string of the molecule is CCCCCCCCOC(=O)C(C)CN. The molecule has 0 aromatic heterocycles. The Labute approximate surface area is 93.4 Å². The van der Waals surface area contributed by atoms with Crippen LogP contribution in [0, 0.1) is 5.92 Å². The number of nitrogens with two attached hydrogens (primary N) is 1. The van der Waals surface area contributed by atoms with Crippen molar-refractivity contribution in [2.75, 3.05) is 13.2 Å². The topological polar surface area (TPSA) is 52.3 Å². The third-order valence-electron chi connectivity index (χ3n) is 2.50. The number of carbonyl (C=O) groups excluding carboxylic acids is 1. The molecule has 0 aliphatic carbocycles. The van der Waals surface area contributed by atoms with E-state index in [1.807, 2.05) is 0 Å². The van der Waals surface area contributed by atoms with Gasteiger partial charge in [-0.3, -0.25) is 4.79 Å². The van der Waals surface area contributed by atoms with E-state index in [0.29, 0.717) is 13.2 Å². The van der Waals surface area contributed by atoms with Gasteiger partial charge in [-0.1, -0.05) is 46.0 Å². The van der Waals surface area contributed by atoms with E-state index in [0.717, 1.165) is 12.8 Å². The molecule has 15 heavy (non-hydrogen) atoms. The van der Waals surface area contributed by atoms with Gasteiger partial charge in [0.1, 0.15) is 0 Å². The standard InChI is InChI=1S/C12H25NO2/c1-3-4-5-6-7-8-9-15-12(14)11(2)10-13/h11H,3-10,13H2,1-2H3. The summed E-state index contributed by atoms with van der Waals surface area (Å²) in [6.07, 6.45) is 7.26. The average molecular weight is 215 g/mol. The molecule has 0 aliphatic heterocycles. The fourth-order valence-electron chi connectivity index (χ4n) is 1.29. The van der Waals surface area contributed by atoms with Crippen LogP contribution >= 0.6 is 0 Å². The summed E-state index contributed by atoms with van der Waals surface area (Å²) in [5, 5.41) is 0. The van der Waals surface area contributed by atoms with E-state index in [1.165, 1.54) is 25.7 Å². The highest BCUT2D eigenvalue weighted by molar-refractivity contribution is 5.72. The van der Waals surface area contributed by atoms with E-state index >= 15 is 0 Å². The minimum absolute atomic E-state index is 0.161. The first-order chi connectivity index (χ1) is 7.22. The lowest BCUT2D eigenvalue weighted by atomic mass is 10.1. The molecule has 90 valence electrons. The van der Waals surface area contributed by atoms with E-state index in [4.69, 9.17) is 10.5 Å². The summed E-state index contributed by atoms with van der Waals surface area (Å²) in [4.78, 5) is 11.2. The molecule has 0 aromatic carbocycles. The largest absolute Gasteiger partial charge is 0.465 e. The first-order valence-corrected chi connectivity index (χ1v) is 6.09. The van der Waals surface area contributed by atoms with Gasteiger partial charge in [-0.05, 0) is 6.42 Å². The molecule has 0 rings (SSSR count). The van der Waals surface area contributed by atoms with Crippen LogP contribution in [0.3, 0.4) is 0 Å². The molecular weight excluding hydrogens is 190 g/mol. The highest BCUT2D eigenvalue weighted by atomic mass is 16.5. The zero-order valence-electron chi connectivity index (χ0n) is 10.1. The summed E-state index contributed by atoms with van der Waals surface area (Å²) in [5.41, 5.74) is 5.36. The third kappa shape index (κ3) is 8.43. The van der Waals surface area contributed by atoms with Crippen molar-refractivity contribution in [3.63, 3.8) is 0 Å². The van der Waals surface area contributed by atoms with Gasteiger partial charge in [0.25, 0.3) is 0 Å². The molecule has 0 spiro atoms. The van der Waals surface area contributed by atoms with Gasteiger partial charge in [0.05, 0.1) is 12.5 Å². The second-order valence-corrected chi connectivity index (χ2v) is 4.07. The molecule has 3 heteroatoms.